The van der Waals surface area contributed by atoms with E-state index in [0.717, 1.165) is 10.2 Å². The minimum atomic E-state index is -0.690. The summed E-state index contributed by atoms with van der Waals surface area (Å²) in [4.78, 5) is 28.5. The Kier molecular flexibility index (Phi) is 4.67. The molecular weight excluding hydrogens is 391 g/mol. The Morgan fingerprint density at radius 2 is 2.15 bits per heavy atom. The first-order valence-corrected chi connectivity index (χ1v) is 9.36. The van der Waals surface area contributed by atoms with Crippen molar-refractivity contribution in [1.82, 2.24) is 20.9 Å². The number of halogens is 2. The zero-order valence-corrected chi connectivity index (χ0v) is 15.4. The summed E-state index contributed by atoms with van der Waals surface area (Å²) in [5.41, 5.74) is 1.41. The van der Waals surface area contributed by atoms with Gasteiger partial charge in [0.25, 0.3) is 0 Å². The molecule has 2 aromatic carbocycles. The third-order valence-electron chi connectivity index (χ3n) is 4.21. The van der Waals surface area contributed by atoms with Crippen molar-refractivity contribution < 1.29 is 14.0 Å². The molecule has 138 valence electrons. The van der Waals surface area contributed by atoms with Crippen molar-refractivity contribution >= 4 is 45.1 Å². The molecule has 4 rings (SSSR count). The van der Waals surface area contributed by atoms with E-state index < -0.39 is 23.9 Å². The van der Waals surface area contributed by atoms with Crippen LogP contribution >= 0.6 is 22.9 Å². The zero-order valence-electron chi connectivity index (χ0n) is 13.8. The molecule has 2 atom stereocenters. The highest BCUT2D eigenvalue weighted by Crippen LogP contribution is 2.32. The lowest BCUT2D eigenvalue weighted by molar-refractivity contribution is -0.122. The van der Waals surface area contributed by atoms with Gasteiger partial charge < -0.3 is 16.0 Å². The van der Waals surface area contributed by atoms with Crippen LogP contribution in [0.1, 0.15) is 16.6 Å². The standard InChI is InChI=1S/C18H14ClFN4O2S/c19-10-7-9(5-6-11(10)20)15(24-16(25)13-8-21-18(26)23-13)17-22-12-3-1-2-4-14(12)27-17/h1-7,13,15H,8H2,(H,24,25)(H2,21,23,26)/t13?,15-/m0/s1. The van der Waals surface area contributed by atoms with Gasteiger partial charge in [-0.3, -0.25) is 4.79 Å². The van der Waals surface area contributed by atoms with E-state index in [9.17, 15) is 14.0 Å². The highest BCUT2D eigenvalue weighted by molar-refractivity contribution is 7.18. The molecule has 0 spiro atoms. The monoisotopic (exact) mass is 404 g/mol. The Balaban J connectivity index is 1.71. The molecule has 1 aromatic heterocycles. The van der Waals surface area contributed by atoms with E-state index in [1.807, 2.05) is 24.3 Å². The molecule has 27 heavy (non-hydrogen) atoms. The Morgan fingerprint density at radius 3 is 2.85 bits per heavy atom. The number of amides is 3. The van der Waals surface area contributed by atoms with E-state index in [1.54, 1.807) is 6.07 Å². The number of urea groups is 1. The first-order valence-electron chi connectivity index (χ1n) is 8.16. The summed E-state index contributed by atoms with van der Waals surface area (Å²) < 4.78 is 14.6. The Bertz CT molecular complexity index is 1010. The van der Waals surface area contributed by atoms with Crippen LogP contribution in [-0.4, -0.2) is 29.5 Å². The molecule has 0 radical (unpaired) electrons. The third-order valence-corrected chi connectivity index (χ3v) is 5.60. The first-order chi connectivity index (χ1) is 13.0. The molecule has 1 aliphatic heterocycles. The average Bonchev–Trinajstić information content (AvgIpc) is 3.28. The minimum Gasteiger partial charge on any atom is -0.341 e. The number of carbonyl (C=O) groups is 2. The van der Waals surface area contributed by atoms with Gasteiger partial charge in [-0.15, -0.1) is 11.3 Å². The van der Waals surface area contributed by atoms with Crippen LogP contribution in [0, 0.1) is 5.82 Å². The lowest BCUT2D eigenvalue weighted by Crippen LogP contribution is -2.44. The fourth-order valence-corrected chi connectivity index (χ4v) is 4.09. The molecule has 3 aromatic rings. The molecule has 3 N–H and O–H groups in total. The van der Waals surface area contributed by atoms with Gasteiger partial charge in [0.05, 0.1) is 15.2 Å². The molecule has 2 heterocycles. The Morgan fingerprint density at radius 1 is 1.33 bits per heavy atom. The minimum absolute atomic E-state index is 0.0382. The number of nitrogens with zero attached hydrogens (tertiary/aromatic N) is 1. The lowest BCUT2D eigenvalue weighted by atomic mass is 10.1. The van der Waals surface area contributed by atoms with Crippen LogP contribution in [0.25, 0.3) is 10.2 Å². The number of hydrogen-bond acceptors (Lipinski definition) is 4. The highest BCUT2D eigenvalue weighted by Gasteiger charge is 2.30. The van der Waals surface area contributed by atoms with E-state index in [-0.39, 0.29) is 17.5 Å². The summed E-state index contributed by atoms with van der Waals surface area (Å²) in [6, 6.07) is 10.2. The molecule has 1 aliphatic rings. The maximum Gasteiger partial charge on any atom is 0.315 e. The summed E-state index contributed by atoms with van der Waals surface area (Å²) in [6.07, 6.45) is 0. The van der Waals surface area contributed by atoms with Crippen LogP contribution in [0.3, 0.4) is 0 Å². The van der Waals surface area contributed by atoms with Gasteiger partial charge >= 0.3 is 6.03 Å². The van der Waals surface area contributed by atoms with Gasteiger partial charge in [-0.25, -0.2) is 14.2 Å². The smallest absolute Gasteiger partial charge is 0.315 e. The van der Waals surface area contributed by atoms with E-state index in [1.165, 1.54) is 23.5 Å². The number of nitrogens with one attached hydrogen (secondary N) is 3. The number of fused-ring (bicyclic) bond motifs is 1. The molecule has 1 fully saturated rings. The van der Waals surface area contributed by atoms with Crippen molar-refractivity contribution in [1.29, 1.82) is 0 Å². The second kappa shape index (κ2) is 7.13. The Labute approximate surface area is 162 Å². The van der Waals surface area contributed by atoms with Gasteiger partial charge in [0.2, 0.25) is 5.91 Å². The lowest BCUT2D eigenvalue weighted by Gasteiger charge is -2.19. The Hall–Kier alpha value is -2.71. The van der Waals surface area contributed by atoms with E-state index in [2.05, 4.69) is 20.9 Å². The highest BCUT2D eigenvalue weighted by atomic mass is 35.5. The maximum absolute atomic E-state index is 13.6. The van der Waals surface area contributed by atoms with Crippen LogP contribution in [0.5, 0.6) is 0 Å². The third kappa shape index (κ3) is 3.58. The maximum atomic E-state index is 13.6. The van der Waals surface area contributed by atoms with Crippen molar-refractivity contribution in [3.8, 4) is 0 Å². The first kappa shape index (κ1) is 17.7. The SMILES string of the molecule is O=C1NCC(C(=O)N[C@@H](c2ccc(F)c(Cl)c2)c2nc3ccccc3s2)N1. The molecule has 0 saturated carbocycles. The summed E-state index contributed by atoms with van der Waals surface area (Å²) in [5.74, 6) is -0.903. The van der Waals surface area contributed by atoms with Crippen molar-refractivity contribution in [2.45, 2.75) is 12.1 Å². The van der Waals surface area contributed by atoms with Crippen LogP contribution in [0.4, 0.5) is 9.18 Å². The molecule has 6 nitrogen and oxygen atoms in total. The number of para-hydroxylation sites is 1. The van der Waals surface area contributed by atoms with Gasteiger partial charge in [0.1, 0.15) is 22.9 Å². The second-order valence-electron chi connectivity index (χ2n) is 6.04. The van der Waals surface area contributed by atoms with Crippen molar-refractivity contribution in [3.63, 3.8) is 0 Å². The number of thiazole rings is 1. The van der Waals surface area contributed by atoms with E-state index >= 15 is 0 Å². The second-order valence-corrected chi connectivity index (χ2v) is 7.51. The van der Waals surface area contributed by atoms with E-state index in [4.69, 9.17) is 11.6 Å². The predicted molar refractivity (Wildman–Crippen MR) is 101 cm³/mol. The summed E-state index contributed by atoms with van der Waals surface area (Å²) in [7, 11) is 0. The van der Waals surface area contributed by atoms with Crippen LogP contribution in [0.2, 0.25) is 5.02 Å². The summed E-state index contributed by atoms with van der Waals surface area (Å²) in [6.45, 7) is 0.196. The fourth-order valence-electron chi connectivity index (χ4n) is 2.85. The fraction of sp³-hybridized carbons (Fsp3) is 0.167. The number of hydrogen-bond donors (Lipinski definition) is 3. The molecule has 1 saturated heterocycles. The van der Waals surface area contributed by atoms with Crippen LogP contribution in [0.15, 0.2) is 42.5 Å². The molecule has 0 bridgehead atoms. The van der Waals surface area contributed by atoms with Crippen molar-refractivity contribution in [3.05, 3.63) is 63.9 Å². The largest absolute Gasteiger partial charge is 0.341 e. The molecule has 1 unspecified atom stereocenters. The molecular formula is C18H14ClFN4O2S. The normalized spacial score (nSPS) is 17.4. The summed E-state index contributed by atoms with van der Waals surface area (Å²) >= 11 is 7.36. The number of carbonyl (C=O) groups excluding carboxylic acids is 2. The number of aromatic nitrogens is 1. The van der Waals surface area contributed by atoms with E-state index in [0.29, 0.717) is 10.6 Å². The number of rotatable bonds is 4. The van der Waals surface area contributed by atoms with Crippen molar-refractivity contribution in [2.75, 3.05) is 6.54 Å². The molecule has 9 heteroatoms. The summed E-state index contributed by atoms with van der Waals surface area (Å²) in [5, 5.41) is 8.59. The van der Waals surface area contributed by atoms with Crippen LogP contribution in [-0.2, 0) is 4.79 Å². The van der Waals surface area contributed by atoms with Gasteiger partial charge in [0, 0.05) is 6.54 Å². The zero-order chi connectivity index (χ0) is 19.0. The topological polar surface area (TPSA) is 83.1 Å². The van der Waals surface area contributed by atoms with Gasteiger partial charge in [0.15, 0.2) is 0 Å². The van der Waals surface area contributed by atoms with Gasteiger partial charge in [-0.1, -0.05) is 29.8 Å². The quantitative estimate of drug-likeness (QED) is 0.625. The molecule has 3 amide bonds. The van der Waals surface area contributed by atoms with Crippen molar-refractivity contribution in [2.24, 2.45) is 0 Å². The average molecular weight is 405 g/mol. The van der Waals surface area contributed by atoms with Gasteiger partial charge in [-0.2, -0.15) is 0 Å². The van der Waals surface area contributed by atoms with Gasteiger partial charge in [-0.05, 0) is 29.8 Å². The van der Waals surface area contributed by atoms with Crippen LogP contribution < -0.4 is 16.0 Å². The number of benzene rings is 2. The molecule has 0 aliphatic carbocycles. The predicted octanol–water partition coefficient (Wildman–Crippen LogP) is 2.98.